The lowest BCUT2D eigenvalue weighted by molar-refractivity contribution is 0.424. The second-order valence-electron chi connectivity index (χ2n) is 4.96. The smallest absolute Gasteiger partial charge is 0.276 e. The first-order chi connectivity index (χ1) is 8.98. The van der Waals surface area contributed by atoms with Gasteiger partial charge in [-0.1, -0.05) is 25.9 Å². The maximum atomic E-state index is 8.71. The first-order valence-corrected chi connectivity index (χ1v) is 6.79. The van der Waals surface area contributed by atoms with Gasteiger partial charge in [-0.05, 0) is 12.1 Å². The molecule has 0 aliphatic rings. The summed E-state index contributed by atoms with van der Waals surface area (Å²) in [5, 5.41) is 12.6. The van der Waals surface area contributed by atoms with Crippen molar-refractivity contribution in [1.29, 1.82) is 5.26 Å². The molecule has 0 atom stereocenters. The number of pyridine rings is 1. The number of rotatable bonds is 3. The number of aromatic nitrogens is 3. The van der Waals surface area contributed by atoms with Crippen molar-refractivity contribution in [2.45, 2.75) is 31.3 Å². The van der Waals surface area contributed by atoms with Crippen molar-refractivity contribution in [3.8, 4) is 17.7 Å². The molecule has 2 rings (SSSR count). The van der Waals surface area contributed by atoms with E-state index in [0.29, 0.717) is 28.7 Å². The van der Waals surface area contributed by atoms with E-state index in [1.807, 2.05) is 6.07 Å². The molecular formula is C13H14N4OS. The van der Waals surface area contributed by atoms with E-state index in [1.165, 1.54) is 6.20 Å². The summed E-state index contributed by atoms with van der Waals surface area (Å²) in [5.41, 5.74) is 1.09. The molecular weight excluding hydrogens is 260 g/mol. The van der Waals surface area contributed by atoms with Crippen molar-refractivity contribution in [2.75, 3.05) is 0 Å². The Balaban J connectivity index is 2.10. The molecule has 2 aromatic heterocycles. The minimum absolute atomic E-state index is 0.160. The lowest BCUT2D eigenvalue weighted by Gasteiger charge is -2.15. The molecule has 0 amide bonds. The highest BCUT2D eigenvalue weighted by molar-refractivity contribution is 7.99. The molecule has 0 bridgehead atoms. The molecule has 0 spiro atoms. The van der Waals surface area contributed by atoms with E-state index < -0.39 is 0 Å². The molecule has 2 aromatic rings. The van der Waals surface area contributed by atoms with Gasteiger partial charge >= 0.3 is 0 Å². The second-order valence-corrected chi connectivity index (χ2v) is 6.76. The number of hydrogen-bond acceptors (Lipinski definition) is 6. The monoisotopic (exact) mass is 274 g/mol. The molecule has 0 saturated heterocycles. The van der Waals surface area contributed by atoms with Gasteiger partial charge in [-0.3, -0.25) is 0 Å². The summed E-state index contributed by atoms with van der Waals surface area (Å²) >= 11 is 1.75. The highest BCUT2D eigenvalue weighted by Gasteiger charge is 2.15. The van der Waals surface area contributed by atoms with E-state index in [1.54, 1.807) is 23.9 Å². The predicted octanol–water partition coefficient (Wildman–Crippen LogP) is 3.03. The quantitative estimate of drug-likeness (QED) is 0.856. The minimum atomic E-state index is 0.160. The molecule has 0 fully saturated rings. The van der Waals surface area contributed by atoms with Crippen LogP contribution < -0.4 is 0 Å². The molecule has 5 nitrogen and oxygen atoms in total. The lowest BCUT2D eigenvalue weighted by Crippen LogP contribution is -2.07. The molecule has 0 unspecified atom stereocenters. The topological polar surface area (TPSA) is 75.6 Å². The van der Waals surface area contributed by atoms with Crippen LogP contribution in [0.1, 0.15) is 32.2 Å². The van der Waals surface area contributed by atoms with Gasteiger partial charge in [-0.25, -0.2) is 4.98 Å². The zero-order valence-corrected chi connectivity index (χ0v) is 11.9. The Bertz CT molecular complexity index is 592. The summed E-state index contributed by atoms with van der Waals surface area (Å²) in [6.07, 6.45) is 1.49. The number of hydrogen-bond donors (Lipinski definition) is 0. The van der Waals surface area contributed by atoms with Crippen molar-refractivity contribution >= 4 is 11.8 Å². The molecule has 6 heteroatoms. The largest absolute Gasteiger partial charge is 0.332 e. The van der Waals surface area contributed by atoms with Crippen LogP contribution in [0.3, 0.4) is 0 Å². The maximum Gasteiger partial charge on any atom is 0.276 e. The number of nitrogens with zero attached hydrogens (tertiary/aromatic N) is 4. The Morgan fingerprint density at radius 2 is 2.16 bits per heavy atom. The first kappa shape index (κ1) is 13.6. The van der Waals surface area contributed by atoms with Gasteiger partial charge in [0, 0.05) is 10.9 Å². The van der Waals surface area contributed by atoms with Crippen LogP contribution in [-0.4, -0.2) is 19.9 Å². The van der Waals surface area contributed by atoms with Gasteiger partial charge in [0.25, 0.3) is 5.89 Å². The van der Waals surface area contributed by atoms with E-state index in [4.69, 9.17) is 9.78 Å². The zero-order chi connectivity index (χ0) is 13.9. The third-order valence-electron chi connectivity index (χ3n) is 2.21. The van der Waals surface area contributed by atoms with Crippen molar-refractivity contribution in [3.05, 3.63) is 29.7 Å². The molecule has 0 radical (unpaired) electrons. The van der Waals surface area contributed by atoms with Crippen molar-refractivity contribution < 1.29 is 4.52 Å². The van der Waals surface area contributed by atoms with Crippen LogP contribution in [0.4, 0.5) is 0 Å². The summed E-state index contributed by atoms with van der Waals surface area (Å²) < 4.78 is 5.33. The normalized spacial score (nSPS) is 11.3. The van der Waals surface area contributed by atoms with Crippen molar-refractivity contribution in [3.63, 3.8) is 0 Å². The minimum Gasteiger partial charge on any atom is -0.332 e. The van der Waals surface area contributed by atoms with E-state index >= 15 is 0 Å². The molecule has 0 aliphatic carbocycles. The van der Waals surface area contributed by atoms with Gasteiger partial charge in [0.2, 0.25) is 0 Å². The van der Waals surface area contributed by atoms with Gasteiger partial charge in [0.05, 0.1) is 11.3 Å². The lowest BCUT2D eigenvalue weighted by atomic mass is 10.3. The molecule has 19 heavy (non-hydrogen) atoms. The summed E-state index contributed by atoms with van der Waals surface area (Å²) in [6, 6.07) is 5.39. The van der Waals surface area contributed by atoms with E-state index in [9.17, 15) is 0 Å². The van der Waals surface area contributed by atoms with Crippen molar-refractivity contribution in [1.82, 2.24) is 15.1 Å². The average molecular weight is 274 g/mol. The molecule has 0 aliphatic heterocycles. The van der Waals surface area contributed by atoms with Gasteiger partial charge in [-0.15, -0.1) is 11.8 Å². The van der Waals surface area contributed by atoms with E-state index in [0.717, 1.165) is 0 Å². The highest BCUT2D eigenvalue weighted by Crippen LogP contribution is 2.26. The second kappa shape index (κ2) is 5.41. The molecule has 0 N–H and O–H groups in total. The number of thioether (sulfide) groups is 1. The summed E-state index contributed by atoms with van der Waals surface area (Å²) in [6.45, 7) is 6.42. The summed E-state index contributed by atoms with van der Waals surface area (Å²) in [4.78, 5) is 8.41. The summed E-state index contributed by atoms with van der Waals surface area (Å²) in [7, 11) is 0. The SMILES string of the molecule is CC(C)(C)SCc1noc(-c2ccc(C#N)cn2)n1. The van der Waals surface area contributed by atoms with Gasteiger partial charge in [-0.2, -0.15) is 10.2 Å². The van der Waals surface area contributed by atoms with E-state index in [2.05, 4.69) is 35.9 Å². The molecule has 2 heterocycles. The highest BCUT2D eigenvalue weighted by atomic mass is 32.2. The average Bonchev–Trinajstić information content (AvgIpc) is 2.84. The van der Waals surface area contributed by atoms with Crippen LogP contribution in [0.5, 0.6) is 0 Å². The predicted molar refractivity (Wildman–Crippen MR) is 73.3 cm³/mol. The fraction of sp³-hybridized carbons (Fsp3) is 0.385. The van der Waals surface area contributed by atoms with E-state index in [-0.39, 0.29) is 4.75 Å². The zero-order valence-electron chi connectivity index (χ0n) is 11.0. The van der Waals surface area contributed by atoms with Crippen molar-refractivity contribution in [2.24, 2.45) is 0 Å². The standard InChI is InChI=1S/C13H14N4OS/c1-13(2,3)19-8-11-16-12(18-17-11)10-5-4-9(6-14)7-15-10/h4-5,7H,8H2,1-3H3. The summed E-state index contributed by atoms with van der Waals surface area (Å²) in [5.74, 6) is 1.73. The fourth-order valence-corrected chi connectivity index (χ4v) is 1.96. The molecule has 98 valence electrons. The van der Waals surface area contributed by atoms with Crippen LogP contribution >= 0.6 is 11.8 Å². The van der Waals surface area contributed by atoms with Gasteiger partial charge < -0.3 is 4.52 Å². The number of nitriles is 1. The third kappa shape index (κ3) is 3.80. The third-order valence-corrected chi connectivity index (χ3v) is 3.48. The van der Waals surface area contributed by atoms with Gasteiger partial charge in [0.1, 0.15) is 11.8 Å². The van der Waals surface area contributed by atoms with Crippen LogP contribution in [0.2, 0.25) is 0 Å². The Hall–Kier alpha value is -1.87. The first-order valence-electron chi connectivity index (χ1n) is 5.81. The Labute approximate surface area is 116 Å². The van der Waals surface area contributed by atoms with Crippen LogP contribution in [-0.2, 0) is 5.75 Å². The van der Waals surface area contributed by atoms with Crippen LogP contribution in [0, 0.1) is 11.3 Å². The molecule has 0 saturated carbocycles. The Morgan fingerprint density at radius 1 is 1.37 bits per heavy atom. The Kier molecular flexibility index (Phi) is 3.86. The maximum absolute atomic E-state index is 8.71. The van der Waals surface area contributed by atoms with Crippen LogP contribution in [0.25, 0.3) is 11.6 Å². The van der Waals surface area contributed by atoms with Gasteiger partial charge in [0.15, 0.2) is 5.82 Å². The Morgan fingerprint density at radius 3 is 2.74 bits per heavy atom. The molecule has 0 aromatic carbocycles. The fourth-order valence-electron chi connectivity index (χ4n) is 1.28. The van der Waals surface area contributed by atoms with Crippen LogP contribution in [0.15, 0.2) is 22.9 Å².